The zero-order valence-electron chi connectivity index (χ0n) is 16.6. The van der Waals surface area contributed by atoms with Crippen molar-refractivity contribution in [1.82, 2.24) is 10.2 Å². The van der Waals surface area contributed by atoms with Crippen molar-refractivity contribution in [3.63, 3.8) is 0 Å². The zero-order valence-corrected chi connectivity index (χ0v) is 18.1. The number of ether oxygens (including phenoxy) is 2. The van der Waals surface area contributed by atoms with E-state index >= 15 is 0 Å². The fourth-order valence-electron chi connectivity index (χ4n) is 3.06. The Balaban J connectivity index is 1.58. The second kappa shape index (κ2) is 9.36. The van der Waals surface area contributed by atoms with Crippen LogP contribution in [0.2, 0.25) is 10.0 Å². The van der Waals surface area contributed by atoms with Crippen LogP contribution in [0.5, 0.6) is 5.75 Å². The molecule has 3 rings (SSSR count). The van der Waals surface area contributed by atoms with Gasteiger partial charge in [-0.05, 0) is 25.1 Å². The highest BCUT2D eigenvalue weighted by Crippen LogP contribution is 2.32. The molecule has 0 radical (unpaired) electrons. The molecule has 31 heavy (non-hydrogen) atoms. The van der Waals surface area contributed by atoms with Gasteiger partial charge in [0.25, 0.3) is 17.7 Å². The monoisotopic (exact) mass is 464 g/mol. The molecule has 10 heteroatoms. The quantitative estimate of drug-likeness (QED) is 0.499. The molecule has 0 saturated carbocycles. The largest absolute Gasteiger partial charge is 0.496 e. The number of nitrogens with zero attached hydrogens (tertiary/aromatic N) is 1. The maximum Gasteiger partial charge on any atom is 0.329 e. The van der Waals surface area contributed by atoms with Crippen LogP contribution in [0.15, 0.2) is 36.4 Å². The smallest absolute Gasteiger partial charge is 0.329 e. The Bertz CT molecular complexity index is 1030. The van der Waals surface area contributed by atoms with Crippen LogP contribution in [0, 0.1) is 0 Å². The minimum Gasteiger partial charge on any atom is -0.496 e. The van der Waals surface area contributed by atoms with Crippen molar-refractivity contribution < 1.29 is 28.7 Å². The Labute approximate surface area is 188 Å². The van der Waals surface area contributed by atoms with Crippen LogP contribution in [0.4, 0.5) is 0 Å². The first-order valence-corrected chi connectivity index (χ1v) is 9.92. The second-order valence-corrected chi connectivity index (χ2v) is 7.48. The van der Waals surface area contributed by atoms with Crippen molar-refractivity contribution in [2.24, 2.45) is 0 Å². The Kier molecular flexibility index (Phi) is 6.82. The summed E-state index contributed by atoms with van der Waals surface area (Å²) in [4.78, 5) is 50.3. The molecule has 1 atom stereocenters. The van der Waals surface area contributed by atoms with E-state index in [0.717, 1.165) is 10.5 Å². The highest BCUT2D eigenvalue weighted by atomic mass is 35.5. The normalized spacial score (nSPS) is 13.6. The standard InChI is InChI=1S/C21H18Cl2N2O6/c1-11(25-19(27)13-7-15(22)16(23)8-14(13)20(25)28)21(29)31-10-18(26)24-9-12-5-3-4-6-17(12)30-2/h3-8,11H,9-10H2,1-2H3,(H,24,26)/t11-/m0/s1. The van der Waals surface area contributed by atoms with E-state index in [2.05, 4.69) is 5.32 Å². The summed E-state index contributed by atoms with van der Waals surface area (Å²) in [6.07, 6.45) is 0. The number of methoxy groups -OCH3 is 1. The van der Waals surface area contributed by atoms with Gasteiger partial charge in [0.15, 0.2) is 6.61 Å². The fourth-order valence-corrected chi connectivity index (χ4v) is 3.39. The Hall–Kier alpha value is -3.10. The predicted molar refractivity (Wildman–Crippen MR) is 112 cm³/mol. The lowest BCUT2D eigenvalue weighted by Crippen LogP contribution is -2.44. The second-order valence-electron chi connectivity index (χ2n) is 6.66. The molecule has 0 bridgehead atoms. The average molecular weight is 465 g/mol. The molecule has 0 unspecified atom stereocenters. The molecule has 0 aromatic heterocycles. The molecule has 2 aromatic carbocycles. The minimum absolute atomic E-state index is 0.0496. The highest BCUT2D eigenvalue weighted by molar-refractivity contribution is 6.43. The average Bonchev–Trinajstić information content (AvgIpc) is 2.99. The van der Waals surface area contributed by atoms with Gasteiger partial charge < -0.3 is 14.8 Å². The van der Waals surface area contributed by atoms with Crippen LogP contribution in [0.3, 0.4) is 0 Å². The van der Waals surface area contributed by atoms with Crippen LogP contribution in [0.1, 0.15) is 33.2 Å². The number of hydrogen-bond acceptors (Lipinski definition) is 6. The van der Waals surface area contributed by atoms with E-state index in [0.29, 0.717) is 5.75 Å². The molecular weight excluding hydrogens is 447 g/mol. The van der Waals surface area contributed by atoms with Gasteiger partial charge >= 0.3 is 5.97 Å². The number of fused-ring (bicyclic) bond motifs is 1. The third kappa shape index (κ3) is 4.65. The van der Waals surface area contributed by atoms with Crippen molar-refractivity contribution in [2.45, 2.75) is 19.5 Å². The molecule has 1 aliphatic rings. The summed E-state index contributed by atoms with van der Waals surface area (Å²) in [5, 5.41) is 2.84. The van der Waals surface area contributed by atoms with Crippen molar-refractivity contribution in [2.75, 3.05) is 13.7 Å². The molecule has 0 saturated heterocycles. The van der Waals surface area contributed by atoms with E-state index in [-0.39, 0.29) is 27.7 Å². The van der Waals surface area contributed by atoms with Crippen molar-refractivity contribution in [1.29, 1.82) is 0 Å². The van der Waals surface area contributed by atoms with Crippen LogP contribution in [-0.2, 0) is 20.9 Å². The first kappa shape index (κ1) is 22.6. The van der Waals surface area contributed by atoms with Crippen LogP contribution in [0.25, 0.3) is 0 Å². The van der Waals surface area contributed by atoms with Crippen LogP contribution < -0.4 is 10.1 Å². The molecule has 1 N–H and O–H groups in total. The first-order chi connectivity index (χ1) is 14.7. The van der Waals surface area contributed by atoms with Gasteiger partial charge in [-0.25, -0.2) is 4.79 Å². The molecule has 0 aliphatic carbocycles. The summed E-state index contributed by atoms with van der Waals surface area (Å²) < 4.78 is 10.2. The molecule has 162 valence electrons. The molecule has 0 fully saturated rings. The summed E-state index contributed by atoms with van der Waals surface area (Å²) in [7, 11) is 1.52. The number of para-hydroxylation sites is 1. The topological polar surface area (TPSA) is 102 Å². The molecule has 2 aromatic rings. The SMILES string of the molecule is COc1ccccc1CNC(=O)COC(=O)[C@H](C)N1C(=O)c2cc(Cl)c(Cl)cc2C1=O. The molecule has 8 nitrogen and oxygen atoms in total. The lowest BCUT2D eigenvalue weighted by atomic mass is 10.1. The lowest BCUT2D eigenvalue weighted by Gasteiger charge is -2.20. The Morgan fingerprint density at radius 3 is 2.23 bits per heavy atom. The van der Waals surface area contributed by atoms with E-state index in [4.69, 9.17) is 32.7 Å². The van der Waals surface area contributed by atoms with E-state index in [9.17, 15) is 19.2 Å². The first-order valence-electron chi connectivity index (χ1n) is 9.16. The molecule has 1 heterocycles. The minimum atomic E-state index is -1.24. The van der Waals surface area contributed by atoms with Gasteiger partial charge in [0.1, 0.15) is 11.8 Å². The maximum absolute atomic E-state index is 12.6. The van der Waals surface area contributed by atoms with E-state index in [1.54, 1.807) is 24.3 Å². The number of carbonyl (C=O) groups excluding carboxylic acids is 4. The summed E-state index contributed by atoms with van der Waals surface area (Å²) in [5.41, 5.74) is 0.851. The number of rotatable bonds is 7. The van der Waals surface area contributed by atoms with Crippen molar-refractivity contribution in [3.8, 4) is 5.75 Å². The number of carbonyl (C=O) groups is 4. The van der Waals surface area contributed by atoms with Crippen LogP contribution in [-0.4, -0.2) is 48.3 Å². The van der Waals surface area contributed by atoms with Crippen molar-refractivity contribution in [3.05, 3.63) is 63.1 Å². The lowest BCUT2D eigenvalue weighted by molar-refractivity contribution is -0.151. The summed E-state index contributed by atoms with van der Waals surface area (Å²) in [6.45, 7) is 0.939. The number of nitrogens with one attached hydrogen (secondary N) is 1. The van der Waals surface area contributed by atoms with Gasteiger partial charge in [-0.2, -0.15) is 0 Å². The maximum atomic E-state index is 12.6. The van der Waals surface area contributed by atoms with E-state index < -0.39 is 36.3 Å². The summed E-state index contributed by atoms with van der Waals surface area (Å²) >= 11 is 11.8. The molecule has 0 spiro atoms. The number of benzene rings is 2. The zero-order chi connectivity index (χ0) is 22.7. The van der Waals surface area contributed by atoms with E-state index in [1.807, 2.05) is 0 Å². The van der Waals surface area contributed by atoms with Gasteiger partial charge in [-0.1, -0.05) is 41.4 Å². The number of imide groups is 1. The van der Waals surface area contributed by atoms with Gasteiger partial charge in [0.2, 0.25) is 0 Å². The molecular formula is C21H18Cl2N2O6. The third-order valence-electron chi connectivity index (χ3n) is 4.70. The summed E-state index contributed by atoms with van der Waals surface area (Å²) in [5.74, 6) is -2.22. The van der Waals surface area contributed by atoms with Crippen LogP contribution >= 0.6 is 23.2 Å². The number of amides is 3. The number of hydrogen-bond donors (Lipinski definition) is 1. The van der Waals surface area contributed by atoms with Crippen molar-refractivity contribution >= 4 is 46.9 Å². The van der Waals surface area contributed by atoms with Gasteiger partial charge in [-0.3, -0.25) is 19.3 Å². The van der Waals surface area contributed by atoms with Gasteiger partial charge in [-0.15, -0.1) is 0 Å². The molecule has 1 aliphatic heterocycles. The van der Waals surface area contributed by atoms with E-state index in [1.165, 1.54) is 26.2 Å². The Morgan fingerprint density at radius 1 is 1.06 bits per heavy atom. The third-order valence-corrected chi connectivity index (χ3v) is 5.42. The van der Waals surface area contributed by atoms with Gasteiger partial charge in [0.05, 0.1) is 28.3 Å². The summed E-state index contributed by atoms with van der Waals surface area (Å²) in [6, 6.07) is 8.46. The predicted octanol–water partition coefficient (Wildman–Crippen LogP) is 2.85. The van der Waals surface area contributed by atoms with Gasteiger partial charge in [0, 0.05) is 12.1 Å². The Morgan fingerprint density at radius 2 is 1.65 bits per heavy atom. The number of esters is 1. The number of halogens is 2. The fraction of sp³-hybridized carbons (Fsp3) is 0.238. The highest BCUT2D eigenvalue weighted by Gasteiger charge is 2.42. The molecule has 3 amide bonds.